The summed E-state index contributed by atoms with van der Waals surface area (Å²) in [6.07, 6.45) is 0. The van der Waals surface area contributed by atoms with Gasteiger partial charge in [-0.2, -0.15) is 0 Å². The molecule has 4 aromatic rings. The van der Waals surface area contributed by atoms with E-state index in [0.717, 1.165) is 11.1 Å². The third-order valence-electron chi connectivity index (χ3n) is 6.17. The lowest BCUT2D eigenvalue weighted by molar-refractivity contribution is 0.0692. The number of amides is 1. The number of ketones is 2. The van der Waals surface area contributed by atoms with E-state index in [1.165, 1.54) is 12.1 Å². The number of carboxylic acids is 1. The van der Waals surface area contributed by atoms with E-state index in [2.05, 4.69) is 10.3 Å². The summed E-state index contributed by atoms with van der Waals surface area (Å²) in [6, 6.07) is 18.3. The first-order chi connectivity index (χ1) is 16.7. The van der Waals surface area contributed by atoms with Crippen LogP contribution in [0.25, 0.3) is 10.9 Å². The fraction of sp³-hybridized carbons (Fsp3) is 0.107. The Morgan fingerprint density at radius 1 is 0.829 bits per heavy atom. The Balaban J connectivity index is 1.55. The molecule has 1 aliphatic rings. The maximum atomic E-state index is 13.1. The zero-order valence-electron chi connectivity index (χ0n) is 19.0. The Morgan fingerprint density at radius 2 is 1.54 bits per heavy atom. The van der Waals surface area contributed by atoms with Gasteiger partial charge < -0.3 is 10.4 Å². The lowest BCUT2D eigenvalue weighted by Gasteiger charge is -2.13. The summed E-state index contributed by atoms with van der Waals surface area (Å²) in [4.78, 5) is 55.4. The van der Waals surface area contributed by atoms with Crippen molar-refractivity contribution in [3.05, 3.63) is 106 Å². The number of aromatic nitrogens is 1. The van der Waals surface area contributed by atoms with Crippen molar-refractivity contribution in [2.75, 3.05) is 5.32 Å². The van der Waals surface area contributed by atoms with Crippen molar-refractivity contribution in [3.8, 4) is 0 Å². The summed E-state index contributed by atoms with van der Waals surface area (Å²) < 4.78 is 0. The SMILES string of the molecule is Cc1ccc(C(=O)O)c(C(=O)Nc2cccc3ccc(C4C(=O)c5ccc(C)cc5C4=O)nc23)c1. The van der Waals surface area contributed by atoms with Crippen LogP contribution in [0.2, 0.25) is 0 Å². The number of carbonyl (C=O) groups is 4. The highest BCUT2D eigenvalue weighted by Crippen LogP contribution is 2.35. The summed E-state index contributed by atoms with van der Waals surface area (Å²) in [5, 5.41) is 12.9. The van der Waals surface area contributed by atoms with Gasteiger partial charge in [-0.3, -0.25) is 14.4 Å². The molecule has 1 heterocycles. The summed E-state index contributed by atoms with van der Waals surface area (Å²) in [7, 11) is 0. The Labute approximate surface area is 200 Å². The highest BCUT2D eigenvalue weighted by Gasteiger charge is 2.40. The molecule has 2 N–H and O–H groups in total. The molecule has 0 saturated carbocycles. The number of fused-ring (bicyclic) bond motifs is 2. The van der Waals surface area contributed by atoms with Gasteiger partial charge in [-0.05, 0) is 44.2 Å². The monoisotopic (exact) mass is 464 g/mol. The van der Waals surface area contributed by atoms with Gasteiger partial charge in [0.2, 0.25) is 0 Å². The molecule has 0 bridgehead atoms. The predicted octanol–water partition coefficient (Wildman–Crippen LogP) is 4.96. The zero-order chi connectivity index (χ0) is 24.9. The molecule has 1 amide bonds. The van der Waals surface area contributed by atoms with Crippen molar-refractivity contribution < 1.29 is 24.3 Å². The highest BCUT2D eigenvalue weighted by molar-refractivity contribution is 6.29. The molecule has 7 heteroatoms. The molecule has 0 fully saturated rings. The topological polar surface area (TPSA) is 113 Å². The number of hydrogen-bond acceptors (Lipinski definition) is 5. The number of nitrogens with zero attached hydrogens (tertiary/aromatic N) is 1. The van der Waals surface area contributed by atoms with Crippen LogP contribution < -0.4 is 5.32 Å². The maximum absolute atomic E-state index is 13.1. The standard InChI is InChI=1S/C28H20N2O5/c1-14-6-9-17-19(12-14)26(32)23(25(17)31)21-11-8-16-4-3-5-22(24(16)29-21)30-27(33)20-13-15(2)7-10-18(20)28(34)35/h3-13,23H,1-2H3,(H,30,33)(H,34,35). The number of aryl methyl sites for hydroxylation is 2. The molecule has 0 saturated heterocycles. The van der Waals surface area contributed by atoms with E-state index in [1.807, 2.05) is 6.92 Å². The number of para-hydroxylation sites is 1. The normalized spacial score (nSPS) is 14.7. The van der Waals surface area contributed by atoms with Crippen LogP contribution in [0.1, 0.15) is 64.2 Å². The molecule has 1 unspecified atom stereocenters. The average molecular weight is 464 g/mol. The Hall–Kier alpha value is -4.65. The van der Waals surface area contributed by atoms with Gasteiger partial charge in [-0.25, -0.2) is 9.78 Å². The number of benzene rings is 3. The van der Waals surface area contributed by atoms with E-state index in [-0.39, 0.29) is 22.7 Å². The second-order valence-electron chi connectivity index (χ2n) is 8.63. The van der Waals surface area contributed by atoms with Crippen LogP contribution in [0.4, 0.5) is 5.69 Å². The second-order valence-corrected chi connectivity index (χ2v) is 8.63. The minimum absolute atomic E-state index is 0.0256. The number of pyridine rings is 1. The van der Waals surface area contributed by atoms with Gasteiger partial charge in [0.05, 0.1) is 28.0 Å². The van der Waals surface area contributed by atoms with Crippen LogP contribution in [0.3, 0.4) is 0 Å². The third-order valence-corrected chi connectivity index (χ3v) is 6.17. The molecule has 3 aromatic carbocycles. The Morgan fingerprint density at radius 3 is 2.31 bits per heavy atom. The van der Waals surface area contributed by atoms with Gasteiger partial charge in [0.1, 0.15) is 5.92 Å². The fourth-order valence-corrected chi connectivity index (χ4v) is 4.42. The van der Waals surface area contributed by atoms with Crippen LogP contribution >= 0.6 is 0 Å². The summed E-state index contributed by atoms with van der Waals surface area (Å²) in [5.74, 6) is -3.45. The van der Waals surface area contributed by atoms with Crippen LogP contribution in [0, 0.1) is 13.8 Å². The van der Waals surface area contributed by atoms with Crippen molar-refractivity contribution in [3.63, 3.8) is 0 Å². The van der Waals surface area contributed by atoms with Crippen molar-refractivity contribution in [2.45, 2.75) is 19.8 Å². The van der Waals surface area contributed by atoms with Gasteiger partial charge in [0.25, 0.3) is 5.91 Å². The molecule has 5 rings (SSSR count). The zero-order valence-corrected chi connectivity index (χ0v) is 19.0. The van der Waals surface area contributed by atoms with Crippen molar-refractivity contribution in [2.24, 2.45) is 0 Å². The van der Waals surface area contributed by atoms with Crippen LogP contribution in [-0.2, 0) is 0 Å². The van der Waals surface area contributed by atoms with E-state index in [0.29, 0.717) is 33.4 Å². The maximum Gasteiger partial charge on any atom is 0.336 e. The molecule has 1 aliphatic carbocycles. The smallest absolute Gasteiger partial charge is 0.336 e. The van der Waals surface area contributed by atoms with Crippen molar-refractivity contribution in [1.29, 1.82) is 0 Å². The number of Topliss-reactive ketones (excluding diaryl/α,β-unsaturated/α-hetero) is 2. The fourth-order valence-electron chi connectivity index (χ4n) is 4.42. The summed E-state index contributed by atoms with van der Waals surface area (Å²) in [6.45, 7) is 3.63. The molecular formula is C28H20N2O5. The van der Waals surface area contributed by atoms with Gasteiger partial charge in [0.15, 0.2) is 11.6 Å². The Bertz CT molecular complexity index is 1590. The molecule has 1 atom stereocenters. The molecular weight excluding hydrogens is 444 g/mol. The summed E-state index contributed by atoms with van der Waals surface area (Å²) >= 11 is 0. The first kappa shape index (κ1) is 22.2. The van der Waals surface area contributed by atoms with Gasteiger partial charge in [0, 0.05) is 16.5 Å². The average Bonchev–Trinajstić information content (AvgIpc) is 3.07. The number of aromatic carboxylic acids is 1. The highest BCUT2D eigenvalue weighted by atomic mass is 16.4. The third kappa shape index (κ3) is 3.77. The van der Waals surface area contributed by atoms with Crippen LogP contribution in [0.15, 0.2) is 66.7 Å². The van der Waals surface area contributed by atoms with Gasteiger partial charge in [-0.15, -0.1) is 0 Å². The minimum Gasteiger partial charge on any atom is -0.478 e. The van der Waals surface area contributed by atoms with E-state index >= 15 is 0 Å². The first-order valence-electron chi connectivity index (χ1n) is 11.0. The minimum atomic E-state index is -1.21. The lowest BCUT2D eigenvalue weighted by Crippen LogP contribution is -2.18. The number of carbonyl (C=O) groups excluding carboxylic acids is 3. The molecule has 172 valence electrons. The van der Waals surface area contributed by atoms with E-state index in [1.54, 1.807) is 61.5 Å². The number of hydrogen-bond donors (Lipinski definition) is 2. The molecule has 0 radical (unpaired) electrons. The largest absolute Gasteiger partial charge is 0.478 e. The molecule has 1 aromatic heterocycles. The number of rotatable bonds is 4. The van der Waals surface area contributed by atoms with E-state index < -0.39 is 17.8 Å². The second kappa shape index (κ2) is 8.29. The Kier molecular flexibility index (Phi) is 5.25. The van der Waals surface area contributed by atoms with Crippen molar-refractivity contribution in [1.82, 2.24) is 4.98 Å². The molecule has 7 nitrogen and oxygen atoms in total. The molecule has 35 heavy (non-hydrogen) atoms. The lowest BCUT2D eigenvalue weighted by atomic mass is 9.98. The predicted molar refractivity (Wildman–Crippen MR) is 130 cm³/mol. The molecule has 0 aliphatic heterocycles. The van der Waals surface area contributed by atoms with Crippen LogP contribution in [0.5, 0.6) is 0 Å². The molecule has 0 spiro atoms. The number of anilines is 1. The quantitative estimate of drug-likeness (QED) is 0.413. The number of carboxylic acid groups (broad SMARTS) is 1. The summed E-state index contributed by atoms with van der Waals surface area (Å²) in [5.41, 5.74) is 3.36. The van der Waals surface area contributed by atoms with E-state index in [4.69, 9.17) is 0 Å². The van der Waals surface area contributed by atoms with Crippen LogP contribution in [-0.4, -0.2) is 33.5 Å². The van der Waals surface area contributed by atoms with Gasteiger partial charge >= 0.3 is 5.97 Å². The van der Waals surface area contributed by atoms with E-state index in [9.17, 15) is 24.3 Å². The first-order valence-corrected chi connectivity index (χ1v) is 11.0. The van der Waals surface area contributed by atoms with Crippen molar-refractivity contribution >= 4 is 40.0 Å². The van der Waals surface area contributed by atoms with Gasteiger partial charge in [-0.1, -0.05) is 47.5 Å². The number of nitrogens with one attached hydrogen (secondary N) is 1.